The summed E-state index contributed by atoms with van der Waals surface area (Å²) < 4.78 is 0. The number of rotatable bonds is 6. The summed E-state index contributed by atoms with van der Waals surface area (Å²) in [6.45, 7) is 9.05. The largest absolute Gasteiger partial charge is 0.350 e. The van der Waals surface area contributed by atoms with E-state index in [-0.39, 0.29) is 17.5 Å². The van der Waals surface area contributed by atoms with Crippen LogP contribution < -0.4 is 5.32 Å². The molecule has 1 heterocycles. The number of hydrogen-bond donors (Lipinski definition) is 1. The maximum atomic E-state index is 12.4. The number of carbonyl (C=O) groups excluding carboxylic acids is 1. The quantitative estimate of drug-likeness (QED) is 0.606. The van der Waals surface area contributed by atoms with E-state index in [0.717, 1.165) is 37.8 Å². The molecular weight excluding hydrogens is 274 g/mol. The van der Waals surface area contributed by atoms with Crippen LogP contribution in [0.1, 0.15) is 39.5 Å². The van der Waals surface area contributed by atoms with Gasteiger partial charge < -0.3 is 5.32 Å². The minimum atomic E-state index is -0.0444. The van der Waals surface area contributed by atoms with Crippen LogP contribution in [0.15, 0.2) is 36.0 Å². The molecule has 1 saturated carbocycles. The highest BCUT2D eigenvalue weighted by atomic mass is 16.1. The molecule has 22 heavy (non-hydrogen) atoms. The van der Waals surface area contributed by atoms with Gasteiger partial charge in [0.05, 0.1) is 12.1 Å². The first kappa shape index (κ1) is 16.5. The van der Waals surface area contributed by atoms with Crippen molar-refractivity contribution in [1.29, 1.82) is 5.26 Å². The molecule has 2 aliphatic rings. The number of nitrogens with one attached hydrogen (secondary N) is 1. The van der Waals surface area contributed by atoms with Crippen molar-refractivity contribution in [2.45, 2.75) is 51.1 Å². The van der Waals surface area contributed by atoms with Crippen LogP contribution in [0, 0.1) is 11.3 Å². The van der Waals surface area contributed by atoms with Crippen molar-refractivity contribution < 1.29 is 4.79 Å². The summed E-state index contributed by atoms with van der Waals surface area (Å²) in [5.41, 5.74) is 1.62. The SMILES string of the molecule is C=C/C=C(C)/C(=C\C)C(=O)NCC1(N2CCC[C@H]2C#N)CC1. The molecule has 1 saturated heterocycles. The van der Waals surface area contributed by atoms with E-state index in [9.17, 15) is 10.1 Å². The molecule has 0 unspecified atom stereocenters. The molecule has 4 nitrogen and oxygen atoms in total. The van der Waals surface area contributed by atoms with E-state index in [1.807, 2.05) is 26.0 Å². The van der Waals surface area contributed by atoms with E-state index >= 15 is 0 Å². The molecule has 1 N–H and O–H groups in total. The highest BCUT2D eigenvalue weighted by molar-refractivity contribution is 5.97. The van der Waals surface area contributed by atoms with Gasteiger partial charge in [0.25, 0.3) is 5.91 Å². The van der Waals surface area contributed by atoms with Crippen molar-refractivity contribution >= 4 is 5.91 Å². The molecule has 0 radical (unpaired) electrons. The molecule has 1 aliphatic carbocycles. The number of nitrogens with zero attached hydrogens (tertiary/aromatic N) is 2. The second-order valence-corrected chi connectivity index (χ2v) is 6.18. The number of carbonyl (C=O) groups is 1. The summed E-state index contributed by atoms with van der Waals surface area (Å²) in [7, 11) is 0. The lowest BCUT2D eigenvalue weighted by molar-refractivity contribution is -0.117. The van der Waals surface area contributed by atoms with E-state index in [4.69, 9.17) is 0 Å². The molecular formula is C18H25N3O. The lowest BCUT2D eigenvalue weighted by Gasteiger charge is -2.30. The Morgan fingerprint density at radius 3 is 2.82 bits per heavy atom. The molecule has 1 aliphatic heterocycles. The van der Waals surface area contributed by atoms with Crippen molar-refractivity contribution in [1.82, 2.24) is 10.2 Å². The van der Waals surface area contributed by atoms with Gasteiger partial charge in [-0.15, -0.1) is 0 Å². The van der Waals surface area contributed by atoms with Gasteiger partial charge in [0.15, 0.2) is 0 Å². The third-order valence-electron chi connectivity index (χ3n) is 4.74. The van der Waals surface area contributed by atoms with Crippen molar-refractivity contribution in [2.24, 2.45) is 0 Å². The van der Waals surface area contributed by atoms with Gasteiger partial charge in [0.2, 0.25) is 0 Å². The summed E-state index contributed by atoms with van der Waals surface area (Å²) in [5.74, 6) is -0.0444. The van der Waals surface area contributed by atoms with Crippen LogP contribution in [0.3, 0.4) is 0 Å². The Morgan fingerprint density at radius 2 is 2.27 bits per heavy atom. The molecule has 1 amide bonds. The van der Waals surface area contributed by atoms with Crippen molar-refractivity contribution in [3.8, 4) is 6.07 Å². The Morgan fingerprint density at radius 1 is 1.55 bits per heavy atom. The fraction of sp³-hybridized carbons (Fsp3) is 0.556. The Balaban J connectivity index is 1.98. The Kier molecular flexibility index (Phi) is 5.20. The monoisotopic (exact) mass is 299 g/mol. The van der Waals surface area contributed by atoms with Crippen LogP contribution in [0.2, 0.25) is 0 Å². The molecule has 2 rings (SSSR count). The Hall–Kier alpha value is -1.86. The van der Waals surface area contributed by atoms with Crippen LogP contribution >= 0.6 is 0 Å². The van der Waals surface area contributed by atoms with Gasteiger partial charge in [-0.25, -0.2) is 0 Å². The molecule has 118 valence electrons. The second-order valence-electron chi connectivity index (χ2n) is 6.18. The standard InChI is InChI=1S/C18H25N3O/c1-4-7-14(3)16(5-2)17(22)20-13-18(9-10-18)21-11-6-8-15(21)12-19/h4-5,7,15H,1,6,8-11,13H2,2-3H3,(H,20,22)/b14-7+,16-5+/t15-/m0/s1. The zero-order valence-electron chi connectivity index (χ0n) is 13.6. The molecule has 0 spiro atoms. The highest BCUT2D eigenvalue weighted by Gasteiger charge is 2.51. The summed E-state index contributed by atoms with van der Waals surface area (Å²) in [5, 5.41) is 12.3. The molecule has 4 heteroatoms. The second kappa shape index (κ2) is 6.93. The zero-order valence-corrected chi connectivity index (χ0v) is 13.6. The van der Waals surface area contributed by atoms with E-state index in [1.165, 1.54) is 0 Å². The van der Waals surface area contributed by atoms with Crippen LogP contribution in [0.5, 0.6) is 0 Å². The van der Waals surface area contributed by atoms with Gasteiger partial charge in [-0.2, -0.15) is 5.26 Å². The maximum absolute atomic E-state index is 12.4. The number of hydrogen-bond acceptors (Lipinski definition) is 3. The highest BCUT2D eigenvalue weighted by Crippen LogP contribution is 2.44. The summed E-state index contributed by atoms with van der Waals surface area (Å²) >= 11 is 0. The average molecular weight is 299 g/mol. The maximum Gasteiger partial charge on any atom is 0.251 e. The minimum absolute atomic E-state index is 0.0153. The van der Waals surface area contributed by atoms with Gasteiger partial charge in [-0.3, -0.25) is 9.69 Å². The fourth-order valence-corrected chi connectivity index (χ4v) is 3.32. The lowest BCUT2D eigenvalue weighted by Crippen LogP contribution is -2.48. The van der Waals surface area contributed by atoms with E-state index < -0.39 is 0 Å². The lowest BCUT2D eigenvalue weighted by atomic mass is 10.1. The molecule has 0 bridgehead atoms. The zero-order chi connectivity index (χ0) is 16.2. The van der Waals surface area contributed by atoms with Crippen LogP contribution in [-0.2, 0) is 4.79 Å². The van der Waals surface area contributed by atoms with Crippen LogP contribution in [0.4, 0.5) is 0 Å². The summed E-state index contributed by atoms with van der Waals surface area (Å²) in [6.07, 6.45) is 9.53. The molecule has 1 atom stereocenters. The van der Waals surface area contributed by atoms with E-state index in [2.05, 4.69) is 22.9 Å². The Labute approximate surface area is 133 Å². The van der Waals surface area contributed by atoms with Crippen molar-refractivity contribution in [2.75, 3.05) is 13.1 Å². The fourth-order valence-electron chi connectivity index (χ4n) is 3.32. The molecule has 0 aromatic carbocycles. The average Bonchev–Trinajstić information content (AvgIpc) is 3.14. The first-order chi connectivity index (χ1) is 10.6. The van der Waals surface area contributed by atoms with Gasteiger partial charge in [-0.05, 0) is 45.1 Å². The minimum Gasteiger partial charge on any atom is -0.350 e. The molecule has 2 fully saturated rings. The van der Waals surface area contributed by atoms with E-state index in [0.29, 0.717) is 12.1 Å². The van der Waals surface area contributed by atoms with Gasteiger partial charge >= 0.3 is 0 Å². The predicted molar refractivity (Wildman–Crippen MR) is 88.0 cm³/mol. The third kappa shape index (κ3) is 3.31. The molecule has 0 aromatic heterocycles. The van der Waals surface area contributed by atoms with Gasteiger partial charge in [-0.1, -0.05) is 24.8 Å². The Bertz CT molecular complexity index is 549. The van der Waals surface area contributed by atoms with Crippen molar-refractivity contribution in [3.05, 3.63) is 36.0 Å². The predicted octanol–water partition coefficient (Wildman–Crippen LogP) is 2.70. The van der Waals surface area contributed by atoms with Gasteiger partial charge in [0.1, 0.15) is 0 Å². The number of nitriles is 1. The van der Waals surface area contributed by atoms with Crippen LogP contribution in [0.25, 0.3) is 0 Å². The summed E-state index contributed by atoms with van der Waals surface area (Å²) in [4.78, 5) is 14.7. The summed E-state index contributed by atoms with van der Waals surface area (Å²) in [6, 6.07) is 2.41. The number of amides is 1. The van der Waals surface area contributed by atoms with Gasteiger partial charge in [0, 0.05) is 24.2 Å². The number of allylic oxidation sites excluding steroid dienone is 3. The molecule has 0 aromatic rings. The smallest absolute Gasteiger partial charge is 0.251 e. The first-order valence-electron chi connectivity index (χ1n) is 7.98. The normalized spacial score (nSPS) is 24.7. The van der Waals surface area contributed by atoms with Crippen LogP contribution in [-0.4, -0.2) is 35.5 Å². The van der Waals surface area contributed by atoms with E-state index in [1.54, 1.807) is 6.08 Å². The topological polar surface area (TPSA) is 56.1 Å². The number of likely N-dealkylation sites (tertiary alicyclic amines) is 1. The first-order valence-corrected chi connectivity index (χ1v) is 7.98. The third-order valence-corrected chi connectivity index (χ3v) is 4.74. The van der Waals surface area contributed by atoms with Crippen molar-refractivity contribution in [3.63, 3.8) is 0 Å².